The molecule has 2 aliphatic rings. The monoisotopic (exact) mass is 485 g/mol. The Morgan fingerprint density at radius 1 is 1.24 bits per heavy atom. The standard InChI is InChI=1S/C20H16F4N4O4S/c21-19(22)3-6-27(9-12(19)11-1-4-28(30)5-2-11)10-17(29)26-18-25-13-7-14-15(8-16(13)33-18)32-20(23,24)31-14/h1-2,4-5,7-8,12H,3,6,9-10H2,(H-,25,26,29,30)/p+1. The van der Waals surface area contributed by atoms with E-state index in [4.69, 9.17) is 0 Å². The largest absolute Gasteiger partial charge is 0.586 e. The van der Waals surface area contributed by atoms with Crippen molar-refractivity contribution in [3.05, 3.63) is 42.2 Å². The molecule has 0 spiro atoms. The summed E-state index contributed by atoms with van der Waals surface area (Å²) < 4.78 is 65.5. The van der Waals surface area contributed by atoms with Crippen LogP contribution in [0.4, 0.5) is 22.7 Å². The third-order valence-electron chi connectivity index (χ3n) is 5.48. The molecule has 0 saturated carbocycles. The minimum atomic E-state index is -3.73. The number of amides is 1. The predicted octanol–water partition coefficient (Wildman–Crippen LogP) is 3.21. The number of thiazole rings is 1. The number of anilines is 1. The van der Waals surface area contributed by atoms with Crippen LogP contribution in [0.15, 0.2) is 36.7 Å². The zero-order chi connectivity index (χ0) is 23.4. The second-order valence-corrected chi connectivity index (χ2v) is 8.84. The Morgan fingerprint density at radius 2 is 1.94 bits per heavy atom. The number of nitrogens with one attached hydrogen (secondary N) is 1. The number of aromatic nitrogens is 2. The average molecular weight is 485 g/mol. The highest BCUT2D eigenvalue weighted by molar-refractivity contribution is 7.22. The Kier molecular flexibility index (Phi) is 5.05. The van der Waals surface area contributed by atoms with Crippen LogP contribution in [0.5, 0.6) is 11.5 Å². The Bertz CT molecular complexity index is 1180. The highest BCUT2D eigenvalue weighted by Crippen LogP contribution is 2.45. The van der Waals surface area contributed by atoms with Crippen molar-refractivity contribution in [2.24, 2.45) is 0 Å². The number of carbonyl (C=O) groups is 1. The number of alkyl halides is 4. The number of pyridine rings is 1. The lowest BCUT2D eigenvalue weighted by Crippen LogP contribution is -2.48. The summed E-state index contributed by atoms with van der Waals surface area (Å²) in [4.78, 5) is 18.4. The van der Waals surface area contributed by atoms with Crippen molar-refractivity contribution in [1.82, 2.24) is 9.88 Å². The van der Waals surface area contributed by atoms with E-state index in [0.29, 0.717) is 15.8 Å². The zero-order valence-corrected chi connectivity index (χ0v) is 17.6. The fourth-order valence-electron chi connectivity index (χ4n) is 3.91. The maximum atomic E-state index is 14.5. The van der Waals surface area contributed by atoms with Crippen molar-refractivity contribution in [3.63, 3.8) is 0 Å². The maximum Gasteiger partial charge on any atom is 0.586 e. The van der Waals surface area contributed by atoms with Gasteiger partial charge in [0, 0.05) is 48.5 Å². The van der Waals surface area contributed by atoms with Gasteiger partial charge in [0.25, 0.3) is 5.92 Å². The molecule has 2 aliphatic heterocycles. The molecule has 1 unspecified atom stereocenters. The van der Waals surface area contributed by atoms with Crippen LogP contribution in [0, 0.1) is 0 Å². The molecule has 13 heteroatoms. The molecule has 1 aromatic carbocycles. The van der Waals surface area contributed by atoms with Gasteiger partial charge in [0.15, 0.2) is 16.6 Å². The number of carbonyl (C=O) groups excluding carboxylic acids is 1. The molecule has 3 aromatic rings. The zero-order valence-electron chi connectivity index (χ0n) is 16.8. The Hall–Kier alpha value is -3.19. The minimum Gasteiger partial charge on any atom is -0.395 e. The number of halogens is 4. The van der Waals surface area contributed by atoms with Crippen LogP contribution in [-0.2, 0) is 4.79 Å². The number of nitrogens with zero attached hydrogens (tertiary/aromatic N) is 3. The molecule has 2 N–H and O–H groups in total. The number of hydrogen-bond donors (Lipinski definition) is 2. The van der Waals surface area contributed by atoms with Gasteiger partial charge in [0.1, 0.15) is 0 Å². The van der Waals surface area contributed by atoms with Crippen molar-refractivity contribution in [2.45, 2.75) is 24.6 Å². The quantitative estimate of drug-likeness (QED) is 0.335. The van der Waals surface area contributed by atoms with Crippen LogP contribution in [0.1, 0.15) is 17.9 Å². The first-order chi connectivity index (χ1) is 15.6. The number of hydrogen-bond acceptors (Lipinski definition) is 7. The van der Waals surface area contributed by atoms with E-state index >= 15 is 0 Å². The van der Waals surface area contributed by atoms with Gasteiger partial charge in [0.2, 0.25) is 18.3 Å². The highest BCUT2D eigenvalue weighted by Gasteiger charge is 2.45. The normalized spacial score (nSPS) is 21.3. The lowest BCUT2D eigenvalue weighted by molar-refractivity contribution is -0.904. The van der Waals surface area contributed by atoms with Gasteiger partial charge in [-0.25, -0.2) is 13.8 Å². The molecule has 1 amide bonds. The van der Waals surface area contributed by atoms with Crippen molar-refractivity contribution in [2.75, 3.05) is 25.0 Å². The lowest BCUT2D eigenvalue weighted by Gasteiger charge is -2.38. The number of likely N-dealkylation sites (tertiary alicyclic amines) is 1. The molecule has 0 aliphatic carbocycles. The average Bonchev–Trinajstić information content (AvgIpc) is 3.24. The second kappa shape index (κ2) is 7.70. The minimum absolute atomic E-state index is 0.0364. The molecule has 0 radical (unpaired) electrons. The summed E-state index contributed by atoms with van der Waals surface area (Å²) in [5.41, 5.74) is 0.711. The molecule has 8 nitrogen and oxygen atoms in total. The fourth-order valence-corrected chi connectivity index (χ4v) is 4.80. The molecule has 1 fully saturated rings. The van der Waals surface area contributed by atoms with Crippen LogP contribution in [0.3, 0.4) is 0 Å². The summed E-state index contributed by atoms with van der Waals surface area (Å²) in [6.45, 7) is -0.116. The van der Waals surface area contributed by atoms with Gasteiger partial charge in [-0.15, -0.1) is 8.78 Å². The Balaban J connectivity index is 1.25. The topological polar surface area (TPSA) is 87.8 Å². The van der Waals surface area contributed by atoms with E-state index in [2.05, 4.69) is 19.8 Å². The third kappa shape index (κ3) is 4.37. The van der Waals surface area contributed by atoms with E-state index in [1.165, 1.54) is 36.7 Å². The molecule has 5 rings (SSSR count). The maximum absolute atomic E-state index is 14.5. The van der Waals surface area contributed by atoms with Gasteiger partial charge < -0.3 is 14.8 Å². The van der Waals surface area contributed by atoms with Gasteiger partial charge in [-0.05, 0) is 5.56 Å². The van der Waals surface area contributed by atoms with E-state index < -0.39 is 30.5 Å². The number of piperidine rings is 1. The van der Waals surface area contributed by atoms with Crippen molar-refractivity contribution >= 4 is 32.6 Å². The molecule has 1 atom stereocenters. The third-order valence-corrected chi connectivity index (χ3v) is 6.41. The summed E-state index contributed by atoms with van der Waals surface area (Å²) >= 11 is 1.06. The van der Waals surface area contributed by atoms with Crippen LogP contribution in [0.2, 0.25) is 0 Å². The van der Waals surface area contributed by atoms with Gasteiger partial charge in [0.05, 0.1) is 22.7 Å². The van der Waals surface area contributed by atoms with Gasteiger partial charge in [-0.1, -0.05) is 11.3 Å². The second-order valence-electron chi connectivity index (χ2n) is 7.81. The summed E-state index contributed by atoms with van der Waals surface area (Å²) in [5, 5.41) is 12.2. The number of benzene rings is 1. The summed E-state index contributed by atoms with van der Waals surface area (Å²) in [6, 6.07) is 5.49. The predicted molar refractivity (Wildman–Crippen MR) is 107 cm³/mol. The Morgan fingerprint density at radius 3 is 2.67 bits per heavy atom. The molecule has 1 saturated heterocycles. The Labute approximate surface area is 187 Å². The van der Waals surface area contributed by atoms with Crippen LogP contribution in [-0.4, -0.2) is 52.8 Å². The molecule has 0 bridgehead atoms. The number of rotatable bonds is 4. The molecule has 33 heavy (non-hydrogen) atoms. The van der Waals surface area contributed by atoms with Crippen LogP contribution < -0.4 is 19.5 Å². The van der Waals surface area contributed by atoms with Crippen LogP contribution in [0.25, 0.3) is 10.2 Å². The van der Waals surface area contributed by atoms with E-state index in [0.717, 1.165) is 16.1 Å². The van der Waals surface area contributed by atoms with Crippen molar-refractivity contribution < 1.29 is 41.8 Å². The first-order valence-electron chi connectivity index (χ1n) is 9.89. The number of ether oxygens (including phenoxy) is 2. The highest BCUT2D eigenvalue weighted by atomic mass is 32.1. The molecular formula is C20H17F4N4O4S+. The first-order valence-corrected chi connectivity index (χ1v) is 10.7. The van der Waals surface area contributed by atoms with Crippen molar-refractivity contribution in [3.8, 4) is 11.5 Å². The smallest absolute Gasteiger partial charge is 0.395 e. The summed E-state index contributed by atoms with van der Waals surface area (Å²) in [7, 11) is 0. The summed E-state index contributed by atoms with van der Waals surface area (Å²) in [5.74, 6) is -4.78. The lowest BCUT2D eigenvalue weighted by atomic mass is 9.87. The SMILES string of the molecule is O=C(CN1CCC(F)(F)C(c2cc[n+](O)cc2)C1)Nc1nc2cc3c(cc2s1)OC(F)(F)O3. The first kappa shape index (κ1) is 21.6. The summed E-state index contributed by atoms with van der Waals surface area (Å²) in [6.07, 6.45) is -1.59. The van der Waals surface area contributed by atoms with Gasteiger partial charge in [-0.2, -0.15) is 0 Å². The molecular weight excluding hydrogens is 468 g/mol. The van der Waals surface area contributed by atoms with Gasteiger partial charge >= 0.3 is 6.29 Å². The van der Waals surface area contributed by atoms with Crippen molar-refractivity contribution in [1.29, 1.82) is 0 Å². The molecule has 174 valence electrons. The molecule has 4 heterocycles. The van der Waals surface area contributed by atoms with Crippen LogP contribution >= 0.6 is 11.3 Å². The van der Waals surface area contributed by atoms with E-state index in [9.17, 15) is 27.6 Å². The van der Waals surface area contributed by atoms with E-state index in [1.807, 2.05) is 0 Å². The van der Waals surface area contributed by atoms with Gasteiger partial charge in [-0.3, -0.25) is 14.9 Å². The van der Waals surface area contributed by atoms with E-state index in [1.54, 1.807) is 4.90 Å². The number of fused-ring (bicyclic) bond motifs is 2. The van der Waals surface area contributed by atoms with E-state index in [-0.39, 0.29) is 36.3 Å². The fraction of sp³-hybridized carbons (Fsp3) is 0.350. The molecule has 2 aromatic heterocycles.